The van der Waals surface area contributed by atoms with Crippen LogP contribution in [0.3, 0.4) is 0 Å². The fourth-order valence-electron chi connectivity index (χ4n) is 4.84. The molecule has 184 valence electrons. The first-order valence-corrected chi connectivity index (χ1v) is 12.7. The summed E-state index contributed by atoms with van der Waals surface area (Å²) in [6.45, 7) is 8.37. The van der Waals surface area contributed by atoms with Gasteiger partial charge in [-0.05, 0) is 64.7 Å². The predicted octanol–water partition coefficient (Wildman–Crippen LogP) is 5.66. The maximum absolute atomic E-state index is 13.6. The molecule has 0 N–H and O–H groups in total. The molecule has 1 aromatic carbocycles. The van der Waals surface area contributed by atoms with E-state index < -0.39 is 5.60 Å². The Bertz CT molecular complexity index is 1010. The summed E-state index contributed by atoms with van der Waals surface area (Å²) < 4.78 is 7.42. The molecular weight excluding hydrogens is 452 g/mol. The summed E-state index contributed by atoms with van der Waals surface area (Å²) in [6, 6.07) is 7.55. The number of halogens is 1. The van der Waals surface area contributed by atoms with E-state index in [1.807, 2.05) is 54.6 Å². The molecule has 0 bridgehead atoms. The minimum Gasteiger partial charge on any atom is -0.444 e. The third-order valence-electron chi connectivity index (χ3n) is 6.52. The van der Waals surface area contributed by atoms with E-state index in [0.29, 0.717) is 23.7 Å². The molecule has 2 aromatic rings. The average Bonchev–Trinajstić information content (AvgIpc) is 3.05. The lowest BCUT2D eigenvalue weighted by Crippen LogP contribution is -2.41. The first-order chi connectivity index (χ1) is 16.2. The van der Waals surface area contributed by atoms with Gasteiger partial charge in [0, 0.05) is 37.1 Å². The van der Waals surface area contributed by atoms with Gasteiger partial charge in [0.1, 0.15) is 5.60 Å². The molecule has 0 saturated carbocycles. The molecule has 8 heteroatoms. The number of hydrogen-bond donors (Lipinski definition) is 0. The number of aromatic nitrogens is 2. The minimum atomic E-state index is -0.522. The van der Waals surface area contributed by atoms with Crippen LogP contribution in [0.25, 0.3) is 5.69 Å². The Morgan fingerprint density at radius 3 is 2.29 bits per heavy atom. The molecule has 0 atom stereocenters. The largest absolute Gasteiger partial charge is 0.444 e. The third-order valence-corrected chi connectivity index (χ3v) is 6.75. The minimum absolute atomic E-state index is 0.0553. The summed E-state index contributed by atoms with van der Waals surface area (Å²) >= 11 is 6.27. The van der Waals surface area contributed by atoms with Gasteiger partial charge >= 0.3 is 6.09 Å². The van der Waals surface area contributed by atoms with Gasteiger partial charge in [-0.3, -0.25) is 4.79 Å². The molecule has 0 aliphatic carbocycles. The van der Waals surface area contributed by atoms with Crippen molar-refractivity contribution in [2.24, 2.45) is 0 Å². The highest BCUT2D eigenvalue weighted by Gasteiger charge is 2.33. The molecule has 4 rings (SSSR count). The Balaban J connectivity index is 1.61. The summed E-state index contributed by atoms with van der Waals surface area (Å²) in [5.74, 6) is 0.158. The molecule has 2 amide bonds. The molecule has 2 fully saturated rings. The molecule has 0 spiro atoms. The molecule has 0 unspecified atom stereocenters. The Hall–Kier alpha value is -2.54. The summed E-state index contributed by atoms with van der Waals surface area (Å²) in [4.78, 5) is 29.9. The SMILES string of the molecule is CC(C)(C)OC(=O)N1CCC(c2c(C(=O)N3CCCCCC3)cnn2-c2cccc(Cl)c2)CC1. The molecule has 3 heterocycles. The number of rotatable bonds is 3. The van der Waals surface area contributed by atoms with Crippen LogP contribution in [0.5, 0.6) is 0 Å². The van der Waals surface area contributed by atoms with Crippen LogP contribution in [0.1, 0.15) is 81.3 Å². The third kappa shape index (κ3) is 5.74. The van der Waals surface area contributed by atoms with Crippen LogP contribution >= 0.6 is 11.6 Å². The van der Waals surface area contributed by atoms with Crippen molar-refractivity contribution in [1.29, 1.82) is 0 Å². The van der Waals surface area contributed by atoms with Crippen molar-refractivity contribution in [3.8, 4) is 5.69 Å². The van der Waals surface area contributed by atoms with Crippen molar-refractivity contribution < 1.29 is 14.3 Å². The predicted molar refractivity (Wildman–Crippen MR) is 133 cm³/mol. The highest BCUT2D eigenvalue weighted by Crippen LogP contribution is 2.34. The van der Waals surface area contributed by atoms with Crippen LogP contribution in [0.2, 0.25) is 5.02 Å². The quantitative estimate of drug-likeness (QED) is 0.561. The number of ether oxygens (including phenoxy) is 1. The van der Waals surface area contributed by atoms with Gasteiger partial charge in [0.05, 0.1) is 23.1 Å². The number of piperidine rings is 1. The standard InChI is InChI=1S/C26H35ClN4O3/c1-26(2,3)34-25(33)30-15-11-19(12-16-30)23-22(24(32)29-13-6-4-5-7-14-29)18-28-31(23)21-10-8-9-20(27)17-21/h8-10,17-19H,4-7,11-16H2,1-3H3. The average molecular weight is 487 g/mol. The van der Waals surface area contributed by atoms with Gasteiger partial charge in [-0.25, -0.2) is 9.48 Å². The van der Waals surface area contributed by atoms with Crippen LogP contribution in [-0.4, -0.2) is 63.4 Å². The fourth-order valence-corrected chi connectivity index (χ4v) is 5.02. The zero-order valence-electron chi connectivity index (χ0n) is 20.4. The molecule has 2 saturated heterocycles. The van der Waals surface area contributed by atoms with Crippen LogP contribution in [-0.2, 0) is 4.74 Å². The molecule has 2 aliphatic heterocycles. The van der Waals surface area contributed by atoms with Crippen LogP contribution in [0, 0.1) is 0 Å². The second-order valence-electron chi connectivity index (χ2n) is 10.3. The van der Waals surface area contributed by atoms with Gasteiger partial charge in [-0.15, -0.1) is 0 Å². The molecular formula is C26H35ClN4O3. The van der Waals surface area contributed by atoms with Crippen molar-refractivity contribution in [2.45, 2.75) is 70.8 Å². The van der Waals surface area contributed by atoms with E-state index in [2.05, 4.69) is 5.10 Å². The highest BCUT2D eigenvalue weighted by atomic mass is 35.5. The maximum atomic E-state index is 13.6. The van der Waals surface area contributed by atoms with Gasteiger partial charge in [0.15, 0.2) is 0 Å². The van der Waals surface area contributed by atoms with Gasteiger partial charge in [-0.2, -0.15) is 5.10 Å². The van der Waals surface area contributed by atoms with E-state index in [4.69, 9.17) is 16.3 Å². The zero-order chi connectivity index (χ0) is 24.3. The highest BCUT2D eigenvalue weighted by molar-refractivity contribution is 6.30. The lowest BCUT2D eigenvalue weighted by molar-refractivity contribution is 0.0203. The first kappa shape index (κ1) is 24.6. The molecule has 34 heavy (non-hydrogen) atoms. The van der Waals surface area contributed by atoms with E-state index >= 15 is 0 Å². The normalized spacial score (nSPS) is 18.0. The van der Waals surface area contributed by atoms with Crippen molar-refractivity contribution in [1.82, 2.24) is 19.6 Å². The van der Waals surface area contributed by atoms with Gasteiger partial charge in [0.25, 0.3) is 5.91 Å². The zero-order valence-corrected chi connectivity index (χ0v) is 21.2. The number of hydrogen-bond acceptors (Lipinski definition) is 4. The van der Waals surface area contributed by atoms with Crippen molar-refractivity contribution in [3.63, 3.8) is 0 Å². The lowest BCUT2D eigenvalue weighted by atomic mass is 9.90. The summed E-state index contributed by atoms with van der Waals surface area (Å²) in [6.07, 6.45) is 7.33. The Kier molecular flexibility index (Phi) is 7.51. The number of nitrogens with zero attached hydrogens (tertiary/aromatic N) is 4. The van der Waals surface area contributed by atoms with Crippen LogP contribution in [0.4, 0.5) is 4.79 Å². The topological polar surface area (TPSA) is 67.7 Å². The lowest BCUT2D eigenvalue weighted by Gasteiger charge is -2.34. The maximum Gasteiger partial charge on any atom is 0.410 e. The van der Waals surface area contributed by atoms with E-state index in [9.17, 15) is 9.59 Å². The van der Waals surface area contributed by atoms with Gasteiger partial charge in [0.2, 0.25) is 0 Å². The van der Waals surface area contributed by atoms with Crippen molar-refractivity contribution in [2.75, 3.05) is 26.2 Å². The second kappa shape index (κ2) is 10.4. The number of likely N-dealkylation sites (tertiary alicyclic amines) is 2. The Labute approximate surface area is 207 Å². The van der Waals surface area contributed by atoms with Gasteiger partial charge < -0.3 is 14.5 Å². The van der Waals surface area contributed by atoms with Gasteiger partial charge in [-0.1, -0.05) is 30.5 Å². The molecule has 1 aromatic heterocycles. The van der Waals surface area contributed by atoms with Crippen molar-refractivity contribution >= 4 is 23.6 Å². The Morgan fingerprint density at radius 2 is 1.68 bits per heavy atom. The Morgan fingerprint density at radius 1 is 1.00 bits per heavy atom. The summed E-state index contributed by atoms with van der Waals surface area (Å²) in [5, 5.41) is 5.27. The van der Waals surface area contributed by atoms with Crippen molar-refractivity contribution in [3.05, 3.63) is 46.7 Å². The number of benzene rings is 1. The summed E-state index contributed by atoms with van der Waals surface area (Å²) in [7, 11) is 0. The molecule has 2 aliphatic rings. The number of carbonyl (C=O) groups excluding carboxylic acids is 2. The molecule has 7 nitrogen and oxygen atoms in total. The fraction of sp³-hybridized carbons (Fsp3) is 0.577. The first-order valence-electron chi connectivity index (χ1n) is 12.3. The van der Waals surface area contributed by atoms with E-state index in [1.54, 1.807) is 11.1 Å². The number of amides is 2. The monoisotopic (exact) mass is 486 g/mol. The smallest absolute Gasteiger partial charge is 0.410 e. The van der Waals surface area contributed by atoms with E-state index in [0.717, 1.165) is 50.2 Å². The second-order valence-corrected chi connectivity index (χ2v) is 10.7. The number of carbonyl (C=O) groups is 2. The van der Waals surface area contributed by atoms with E-state index in [1.165, 1.54) is 12.8 Å². The van der Waals surface area contributed by atoms with Crippen LogP contribution < -0.4 is 0 Å². The van der Waals surface area contributed by atoms with E-state index in [-0.39, 0.29) is 17.9 Å². The molecule has 0 radical (unpaired) electrons. The summed E-state index contributed by atoms with van der Waals surface area (Å²) in [5.41, 5.74) is 1.90. The van der Waals surface area contributed by atoms with Crippen LogP contribution in [0.15, 0.2) is 30.5 Å².